The van der Waals surface area contributed by atoms with Gasteiger partial charge in [0.1, 0.15) is 11.5 Å². The van der Waals surface area contributed by atoms with Crippen LogP contribution in [-0.2, 0) is 4.79 Å². The molecule has 1 unspecified atom stereocenters. The van der Waals surface area contributed by atoms with Crippen molar-refractivity contribution in [2.24, 2.45) is 0 Å². The summed E-state index contributed by atoms with van der Waals surface area (Å²) in [7, 11) is 0. The lowest BCUT2D eigenvalue weighted by Gasteiger charge is -2.20. The molecule has 0 aliphatic rings. The zero-order chi connectivity index (χ0) is 15.1. The minimum atomic E-state index is 0.365. The van der Waals surface area contributed by atoms with Crippen LogP contribution in [0.3, 0.4) is 0 Å². The lowest BCUT2D eigenvalue weighted by molar-refractivity contribution is -0.118. The molecular formula is C18H28O2. The molecule has 0 aliphatic carbocycles. The number of ketones is 1. The molecule has 0 spiro atoms. The van der Waals surface area contributed by atoms with Crippen molar-refractivity contribution in [1.82, 2.24) is 0 Å². The van der Waals surface area contributed by atoms with E-state index in [4.69, 9.17) is 4.74 Å². The van der Waals surface area contributed by atoms with Crippen molar-refractivity contribution in [2.45, 2.75) is 66.2 Å². The van der Waals surface area contributed by atoms with Crippen molar-refractivity contribution in [1.29, 1.82) is 0 Å². The van der Waals surface area contributed by atoms with E-state index in [9.17, 15) is 4.79 Å². The SMILES string of the molecule is CCOc1cc(C)c(C(CC)CCC(=O)CC)cc1C. The number of aryl methyl sites for hydroxylation is 2. The van der Waals surface area contributed by atoms with Gasteiger partial charge < -0.3 is 4.74 Å². The minimum absolute atomic E-state index is 0.365. The van der Waals surface area contributed by atoms with Crippen molar-refractivity contribution < 1.29 is 9.53 Å². The Bertz CT molecular complexity index is 449. The summed E-state index contributed by atoms with van der Waals surface area (Å²) in [5, 5.41) is 0. The second kappa shape index (κ2) is 8.08. The molecule has 20 heavy (non-hydrogen) atoms. The van der Waals surface area contributed by atoms with Crippen molar-refractivity contribution in [2.75, 3.05) is 6.61 Å². The summed E-state index contributed by atoms with van der Waals surface area (Å²) >= 11 is 0. The molecule has 0 amide bonds. The fourth-order valence-corrected chi connectivity index (χ4v) is 2.65. The molecule has 0 saturated heterocycles. The largest absolute Gasteiger partial charge is 0.494 e. The predicted molar refractivity (Wildman–Crippen MR) is 84.6 cm³/mol. The average Bonchev–Trinajstić information content (AvgIpc) is 2.44. The maximum Gasteiger partial charge on any atom is 0.132 e. The molecule has 1 aromatic rings. The molecule has 0 saturated carbocycles. The second-order valence-corrected chi connectivity index (χ2v) is 5.44. The third-order valence-corrected chi connectivity index (χ3v) is 3.96. The quantitative estimate of drug-likeness (QED) is 0.671. The molecule has 1 rings (SSSR count). The lowest BCUT2D eigenvalue weighted by atomic mass is 9.87. The van der Waals surface area contributed by atoms with Crippen LogP contribution in [0.1, 0.15) is 69.1 Å². The van der Waals surface area contributed by atoms with Crippen LogP contribution < -0.4 is 4.74 Å². The number of benzene rings is 1. The summed E-state index contributed by atoms with van der Waals surface area (Å²) in [4.78, 5) is 11.5. The Hall–Kier alpha value is -1.31. The van der Waals surface area contributed by atoms with Crippen molar-refractivity contribution in [3.63, 3.8) is 0 Å². The summed E-state index contributed by atoms with van der Waals surface area (Å²) in [6, 6.07) is 4.38. The summed E-state index contributed by atoms with van der Waals surface area (Å²) < 4.78 is 5.65. The first-order valence-corrected chi connectivity index (χ1v) is 7.79. The van der Waals surface area contributed by atoms with Gasteiger partial charge in [-0.2, -0.15) is 0 Å². The number of ether oxygens (including phenoxy) is 1. The molecule has 2 nitrogen and oxygen atoms in total. The smallest absolute Gasteiger partial charge is 0.132 e. The van der Waals surface area contributed by atoms with E-state index in [2.05, 4.69) is 32.9 Å². The van der Waals surface area contributed by atoms with Crippen LogP contribution in [0.25, 0.3) is 0 Å². The first-order chi connectivity index (χ1) is 9.53. The van der Waals surface area contributed by atoms with Crippen LogP contribution in [0.2, 0.25) is 0 Å². The molecule has 1 atom stereocenters. The molecule has 0 N–H and O–H groups in total. The molecule has 112 valence electrons. The number of Topliss-reactive ketones (excluding diaryl/α,β-unsaturated/α-hetero) is 1. The number of hydrogen-bond acceptors (Lipinski definition) is 2. The normalized spacial score (nSPS) is 12.2. The van der Waals surface area contributed by atoms with Crippen LogP contribution in [0.5, 0.6) is 5.75 Å². The predicted octanol–water partition coefficient (Wildman–Crippen LogP) is 4.96. The molecular weight excluding hydrogens is 248 g/mol. The average molecular weight is 276 g/mol. The number of carbonyl (C=O) groups excluding carboxylic acids is 1. The van der Waals surface area contributed by atoms with Gasteiger partial charge in [-0.15, -0.1) is 0 Å². The Morgan fingerprint density at radius 3 is 2.40 bits per heavy atom. The van der Waals surface area contributed by atoms with Gasteiger partial charge in [0, 0.05) is 12.8 Å². The third kappa shape index (κ3) is 4.36. The van der Waals surface area contributed by atoms with E-state index >= 15 is 0 Å². The highest BCUT2D eigenvalue weighted by Gasteiger charge is 2.15. The van der Waals surface area contributed by atoms with Crippen molar-refractivity contribution in [3.8, 4) is 5.75 Å². The maximum absolute atomic E-state index is 11.5. The van der Waals surface area contributed by atoms with Gasteiger partial charge in [0.25, 0.3) is 0 Å². The zero-order valence-electron chi connectivity index (χ0n) is 13.6. The summed E-state index contributed by atoms with van der Waals surface area (Å²) in [5.41, 5.74) is 3.83. The number of carbonyl (C=O) groups is 1. The zero-order valence-corrected chi connectivity index (χ0v) is 13.6. The first kappa shape index (κ1) is 16.7. The van der Waals surface area contributed by atoms with Crippen LogP contribution in [-0.4, -0.2) is 12.4 Å². The molecule has 0 radical (unpaired) electrons. The number of rotatable bonds is 8. The Morgan fingerprint density at radius 2 is 1.85 bits per heavy atom. The van der Waals surface area contributed by atoms with E-state index < -0.39 is 0 Å². The van der Waals surface area contributed by atoms with E-state index in [1.165, 1.54) is 16.7 Å². The van der Waals surface area contributed by atoms with Crippen molar-refractivity contribution >= 4 is 5.78 Å². The Balaban J connectivity index is 2.92. The highest BCUT2D eigenvalue weighted by molar-refractivity contribution is 5.78. The molecule has 2 heteroatoms. The van der Waals surface area contributed by atoms with E-state index in [1.54, 1.807) is 0 Å². The minimum Gasteiger partial charge on any atom is -0.494 e. The van der Waals surface area contributed by atoms with Gasteiger partial charge in [-0.1, -0.05) is 19.9 Å². The van der Waals surface area contributed by atoms with Crippen LogP contribution in [0, 0.1) is 13.8 Å². The Morgan fingerprint density at radius 1 is 1.15 bits per heavy atom. The van der Waals surface area contributed by atoms with Crippen LogP contribution >= 0.6 is 0 Å². The van der Waals surface area contributed by atoms with E-state index in [-0.39, 0.29) is 0 Å². The van der Waals surface area contributed by atoms with E-state index in [0.29, 0.717) is 31.1 Å². The van der Waals surface area contributed by atoms with Crippen molar-refractivity contribution in [3.05, 3.63) is 28.8 Å². The topological polar surface area (TPSA) is 26.3 Å². The molecule has 0 aliphatic heterocycles. The Kier molecular flexibility index (Phi) is 6.77. The Labute approximate surface area is 123 Å². The summed E-state index contributed by atoms with van der Waals surface area (Å²) in [6.07, 6.45) is 3.38. The standard InChI is InChI=1S/C18H28O2/c1-6-15(9-10-16(19)7-2)17-11-14(5)18(20-8-3)12-13(17)4/h11-12,15H,6-10H2,1-5H3. The van der Waals surface area contributed by atoms with Crippen LogP contribution in [0.4, 0.5) is 0 Å². The highest BCUT2D eigenvalue weighted by Crippen LogP contribution is 2.32. The van der Waals surface area contributed by atoms with Gasteiger partial charge in [0.2, 0.25) is 0 Å². The van der Waals surface area contributed by atoms with E-state index in [0.717, 1.165) is 18.6 Å². The first-order valence-electron chi connectivity index (χ1n) is 7.79. The molecule has 0 heterocycles. The van der Waals surface area contributed by atoms with Gasteiger partial charge in [0.15, 0.2) is 0 Å². The summed E-state index contributed by atoms with van der Waals surface area (Å²) in [5.74, 6) is 1.82. The highest BCUT2D eigenvalue weighted by atomic mass is 16.5. The number of hydrogen-bond donors (Lipinski definition) is 0. The molecule has 0 fully saturated rings. The fourth-order valence-electron chi connectivity index (χ4n) is 2.65. The summed E-state index contributed by atoms with van der Waals surface area (Å²) in [6.45, 7) is 11.1. The van der Waals surface area contributed by atoms with Gasteiger partial charge in [0.05, 0.1) is 6.61 Å². The van der Waals surface area contributed by atoms with Gasteiger partial charge in [-0.25, -0.2) is 0 Å². The molecule has 0 aromatic heterocycles. The molecule has 0 bridgehead atoms. The van der Waals surface area contributed by atoms with Crippen LogP contribution in [0.15, 0.2) is 12.1 Å². The fraction of sp³-hybridized carbons (Fsp3) is 0.611. The van der Waals surface area contributed by atoms with E-state index in [1.807, 2.05) is 13.8 Å². The van der Waals surface area contributed by atoms with Gasteiger partial charge in [-0.05, 0) is 62.3 Å². The van der Waals surface area contributed by atoms with Gasteiger partial charge in [-0.3, -0.25) is 4.79 Å². The third-order valence-electron chi connectivity index (χ3n) is 3.96. The lowest BCUT2D eigenvalue weighted by Crippen LogP contribution is -2.05. The second-order valence-electron chi connectivity index (χ2n) is 5.44. The maximum atomic E-state index is 11.5. The monoisotopic (exact) mass is 276 g/mol. The molecule has 1 aromatic carbocycles. The van der Waals surface area contributed by atoms with Gasteiger partial charge >= 0.3 is 0 Å².